The molecule has 0 radical (unpaired) electrons. The zero-order valence-corrected chi connectivity index (χ0v) is 13.0. The molecule has 0 fully saturated rings. The summed E-state index contributed by atoms with van der Waals surface area (Å²) < 4.78 is 0.879. The quantitative estimate of drug-likeness (QED) is 0.638. The molecule has 106 valence electrons. The summed E-state index contributed by atoms with van der Waals surface area (Å²) in [6.07, 6.45) is 0. The lowest BCUT2D eigenvalue weighted by molar-refractivity contribution is -0.384. The first-order valence-corrected chi connectivity index (χ1v) is 7.04. The molecule has 2 aromatic rings. The highest BCUT2D eigenvalue weighted by Crippen LogP contribution is 2.25. The van der Waals surface area contributed by atoms with E-state index in [4.69, 9.17) is 16.9 Å². The molecule has 0 bridgehead atoms. The largest absolute Gasteiger partial charge is 0.380 e. The number of benzene rings is 2. The lowest BCUT2D eigenvalue weighted by atomic mass is 10.1. The van der Waals surface area contributed by atoms with Gasteiger partial charge in [-0.1, -0.05) is 33.6 Å². The van der Waals surface area contributed by atoms with Gasteiger partial charge in [-0.2, -0.15) is 5.26 Å². The number of nitriles is 1. The number of hydrogen-bond donors (Lipinski definition) is 1. The molecule has 0 aliphatic rings. The Hall–Kier alpha value is -2.10. The summed E-state index contributed by atoms with van der Waals surface area (Å²) in [7, 11) is 0. The average Bonchev–Trinajstić information content (AvgIpc) is 2.46. The molecule has 0 heterocycles. The van der Waals surface area contributed by atoms with E-state index in [9.17, 15) is 10.1 Å². The predicted molar refractivity (Wildman–Crippen MR) is 84.3 cm³/mol. The maximum Gasteiger partial charge on any atom is 0.270 e. The van der Waals surface area contributed by atoms with Crippen LogP contribution < -0.4 is 5.32 Å². The van der Waals surface area contributed by atoms with E-state index in [1.165, 1.54) is 18.2 Å². The van der Waals surface area contributed by atoms with Crippen molar-refractivity contribution < 1.29 is 4.92 Å². The fraction of sp³-hybridized carbons (Fsp3) is 0.0714. The highest BCUT2D eigenvalue weighted by molar-refractivity contribution is 9.10. The summed E-state index contributed by atoms with van der Waals surface area (Å²) >= 11 is 9.44. The van der Waals surface area contributed by atoms with Gasteiger partial charge in [0.2, 0.25) is 0 Å². The number of nitro groups is 1. The number of nitro benzene ring substituents is 1. The van der Waals surface area contributed by atoms with Crippen molar-refractivity contribution in [1.82, 2.24) is 0 Å². The SMILES string of the molecule is N#Cc1cc([N+](=O)[O-])ccc1NCc1ccc(Br)cc1Cl. The van der Waals surface area contributed by atoms with Crippen LogP contribution in [0.25, 0.3) is 0 Å². The fourth-order valence-electron chi connectivity index (χ4n) is 1.75. The van der Waals surface area contributed by atoms with Crippen molar-refractivity contribution in [2.24, 2.45) is 0 Å². The third-order valence-corrected chi connectivity index (χ3v) is 3.66. The van der Waals surface area contributed by atoms with Gasteiger partial charge in [0.25, 0.3) is 5.69 Å². The van der Waals surface area contributed by atoms with Gasteiger partial charge in [0.05, 0.1) is 16.2 Å². The Morgan fingerprint density at radius 1 is 1.33 bits per heavy atom. The molecule has 2 aromatic carbocycles. The number of anilines is 1. The lowest BCUT2D eigenvalue weighted by Crippen LogP contribution is -2.02. The second kappa shape index (κ2) is 6.57. The van der Waals surface area contributed by atoms with Gasteiger partial charge in [-0.05, 0) is 23.8 Å². The highest BCUT2D eigenvalue weighted by Gasteiger charge is 2.11. The first-order chi connectivity index (χ1) is 10.0. The van der Waals surface area contributed by atoms with E-state index in [1.54, 1.807) is 6.07 Å². The van der Waals surface area contributed by atoms with E-state index in [-0.39, 0.29) is 11.3 Å². The zero-order valence-electron chi connectivity index (χ0n) is 10.6. The summed E-state index contributed by atoms with van der Waals surface area (Å²) in [5.41, 5.74) is 1.50. The van der Waals surface area contributed by atoms with Crippen LogP contribution in [-0.4, -0.2) is 4.92 Å². The van der Waals surface area contributed by atoms with Gasteiger partial charge >= 0.3 is 0 Å². The standard InChI is InChI=1S/C14H9BrClN3O2/c15-11-2-1-9(13(16)6-11)8-18-14-4-3-12(19(20)21)5-10(14)7-17/h1-6,18H,8H2. The minimum Gasteiger partial charge on any atom is -0.380 e. The van der Waals surface area contributed by atoms with Crippen molar-refractivity contribution >= 4 is 38.9 Å². The van der Waals surface area contributed by atoms with Crippen LogP contribution in [0.5, 0.6) is 0 Å². The predicted octanol–water partition coefficient (Wildman–Crippen LogP) is 4.49. The van der Waals surface area contributed by atoms with E-state index < -0.39 is 4.92 Å². The van der Waals surface area contributed by atoms with Gasteiger partial charge in [0, 0.05) is 28.2 Å². The Labute approximate surface area is 134 Å². The van der Waals surface area contributed by atoms with E-state index in [2.05, 4.69) is 21.2 Å². The van der Waals surface area contributed by atoms with Crippen molar-refractivity contribution in [2.45, 2.75) is 6.54 Å². The van der Waals surface area contributed by atoms with Crippen molar-refractivity contribution in [3.05, 3.63) is 67.1 Å². The molecule has 0 aliphatic carbocycles. The molecular formula is C14H9BrClN3O2. The average molecular weight is 367 g/mol. The summed E-state index contributed by atoms with van der Waals surface area (Å²) in [6.45, 7) is 0.415. The third-order valence-electron chi connectivity index (χ3n) is 2.82. The number of rotatable bonds is 4. The van der Waals surface area contributed by atoms with Crippen LogP contribution in [0.1, 0.15) is 11.1 Å². The van der Waals surface area contributed by atoms with Crippen molar-refractivity contribution in [3.63, 3.8) is 0 Å². The number of nitrogens with one attached hydrogen (secondary N) is 1. The monoisotopic (exact) mass is 365 g/mol. The lowest BCUT2D eigenvalue weighted by Gasteiger charge is -2.09. The molecule has 0 unspecified atom stereocenters. The van der Waals surface area contributed by atoms with Crippen molar-refractivity contribution in [3.8, 4) is 6.07 Å². The van der Waals surface area contributed by atoms with Crippen molar-refractivity contribution in [1.29, 1.82) is 5.26 Å². The molecule has 0 aromatic heterocycles. The zero-order chi connectivity index (χ0) is 15.4. The molecule has 1 N–H and O–H groups in total. The number of halogens is 2. The number of hydrogen-bond acceptors (Lipinski definition) is 4. The Morgan fingerprint density at radius 2 is 2.10 bits per heavy atom. The molecule has 21 heavy (non-hydrogen) atoms. The van der Waals surface area contributed by atoms with Crippen LogP contribution in [0.2, 0.25) is 5.02 Å². The molecular weight excluding hydrogens is 358 g/mol. The highest BCUT2D eigenvalue weighted by atomic mass is 79.9. The molecule has 0 atom stereocenters. The summed E-state index contributed by atoms with van der Waals surface area (Å²) in [5, 5.41) is 23.4. The Kier molecular flexibility index (Phi) is 4.78. The van der Waals surface area contributed by atoms with Gasteiger partial charge in [-0.15, -0.1) is 0 Å². The van der Waals surface area contributed by atoms with Gasteiger partial charge < -0.3 is 5.32 Å². The van der Waals surface area contributed by atoms with E-state index >= 15 is 0 Å². The van der Waals surface area contributed by atoms with Crippen LogP contribution in [0.4, 0.5) is 11.4 Å². The minimum atomic E-state index is -0.532. The van der Waals surface area contributed by atoms with Crippen LogP contribution in [0.15, 0.2) is 40.9 Å². The Bertz CT molecular complexity index is 743. The maximum atomic E-state index is 10.7. The fourth-order valence-corrected chi connectivity index (χ4v) is 2.49. The topological polar surface area (TPSA) is 79.0 Å². The van der Waals surface area contributed by atoms with Gasteiger partial charge in [0.15, 0.2) is 0 Å². The van der Waals surface area contributed by atoms with E-state index in [0.29, 0.717) is 17.3 Å². The summed E-state index contributed by atoms with van der Waals surface area (Å²) in [6, 6.07) is 11.6. The molecule has 0 saturated carbocycles. The van der Waals surface area contributed by atoms with Gasteiger partial charge in [0.1, 0.15) is 6.07 Å². The van der Waals surface area contributed by atoms with Crippen LogP contribution >= 0.6 is 27.5 Å². The molecule has 0 saturated heterocycles. The van der Waals surface area contributed by atoms with Crippen LogP contribution in [0.3, 0.4) is 0 Å². The van der Waals surface area contributed by atoms with Crippen molar-refractivity contribution in [2.75, 3.05) is 5.32 Å². The summed E-state index contributed by atoms with van der Waals surface area (Å²) in [5.74, 6) is 0. The second-order valence-corrected chi connectivity index (χ2v) is 5.51. The number of non-ortho nitro benzene ring substituents is 1. The molecule has 7 heteroatoms. The van der Waals surface area contributed by atoms with Gasteiger partial charge in [-0.25, -0.2) is 0 Å². The van der Waals surface area contributed by atoms with Crippen LogP contribution in [-0.2, 0) is 6.54 Å². The smallest absolute Gasteiger partial charge is 0.270 e. The second-order valence-electron chi connectivity index (χ2n) is 4.19. The normalized spacial score (nSPS) is 9.95. The van der Waals surface area contributed by atoms with E-state index in [1.807, 2.05) is 18.2 Å². The molecule has 0 amide bonds. The molecule has 2 rings (SSSR count). The minimum absolute atomic E-state index is 0.112. The maximum absolute atomic E-state index is 10.7. The molecule has 0 spiro atoms. The molecule has 5 nitrogen and oxygen atoms in total. The number of nitrogens with zero attached hydrogens (tertiary/aromatic N) is 2. The summed E-state index contributed by atoms with van der Waals surface area (Å²) in [4.78, 5) is 10.2. The Morgan fingerprint density at radius 3 is 2.71 bits per heavy atom. The first-order valence-electron chi connectivity index (χ1n) is 5.87. The third kappa shape index (κ3) is 3.72. The van der Waals surface area contributed by atoms with Crippen LogP contribution in [0, 0.1) is 21.4 Å². The Balaban J connectivity index is 2.20. The first kappa shape index (κ1) is 15.3. The van der Waals surface area contributed by atoms with E-state index in [0.717, 1.165) is 10.0 Å². The molecule has 0 aliphatic heterocycles. The van der Waals surface area contributed by atoms with Gasteiger partial charge in [-0.3, -0.25) is 10.1 Å².